The Balaban J connectivity index is 1.83. The van der Waals surface area contributed by atoms with Gasteiger partial charge in [-0.05, 0) is 55.2 Å². The van der Waals surface area contributed by atoms with Crippen molar-refractivity contribution in [2.45, 2.75) is 31.6 Å². The Kier molecular flexibility index (Phi) is 5.70. The maximum absolute atomic E-state index is 14.3. The second-order valence-electron chi connectivity index (χ2n) is 7.78. The number of hydrogen-bond donors (Lipinski definition) is 2. The van der Waals surface area contributed by atoms with Crippen molar-refractivity contribution in [1.82, 2.24) is 10.4 Å². The number of nitrogens with zero attached hydrogens (tertiary/aromatic N) is 1. The number of fused-ring (bicyclic) bond motifs is 1. The van der Waals surface area contributed by atoms with E-state index < -0.39 is 20.5 Å². The number of halogens is 1. The quantitative estimate of drug-likeness (QED) is 0.537. The normalized spacial score (nSPS) is 15.6. The molecule has 0 saturated carbocycles. The van der Waals surface area contributed by atoms with Gasteiger partial charge in [-0.25, -0.2) is 18.3 Å². The third-order valence-corrected chi connectivity index (χ3v) is 7.70. The van der Waals surface area contributed by atoms with Crippen molar-refractivity contribution < 1.29 is 27.6 Å². The van der Waals surface area contributed by atoms with E-state index in [0.29, 0.717) is 22.3 Å². The lowest BCUT2D eigenvalue weighted by molar-refractivity contribution is -0.131. The van der Waals surface area contributed by atoms with Crippen molar-refractivity contribution in [1.29, 1.82) is 0 Å². The zero-order valence-corrected chi connectivity index (χ0v) is 17.7. The van der Waals surface area contributed by atoms with Gasteiger partial charge in [-0.1, -0.05) is 18.2 Å². The molecule has 0 aliphatic carbocycles. The van der Waals surface area contributed by atoms with Crippen LogP contribution in [-0.2, 0) is 21.2 Å². The maximum atomic E-state index is 14.3. The number of nitrogens with one attached hydrogen (secondary N) is 1. The van der Waals surface area contributed by atoms with Gasteiger partial charge >= 0.3 is 0 Å². The highest BCUT2D eigenvalue weighted by atomic mass is 32.2. The summed E-state index contributed by atoms with van der Waals surface area (Å²) in [6.07, 6.45) is 0.725. The Bertz CT molecular complexity index is 1130. The van der Waals surface area contributed by atoms with Crippen molar-refractivity contribution in [3.8, 4) is 11.1 Å². The first kappa shape index (κ1) is 21.9. The van der Waals surface area contributed by atoms with Crippen LogP contribution in [0.5, 0.6) is 0 Å². The van der Waals surface area contributed by atoms with Crippen LogP contribution in [0.2, 0.25) is 0 Å². The van der Waals surface area contributed by atoms with Crippen LogP contribution in [0.25, 0.3) is 11.1 Å². The monoisotopic (exact) mass is 434 g/mol. The highest BCUT2D eigenvalue weighted by molar-refractivity contribution is 7.92. The molecule has 30 heavy (non-hydrogen) atoms. The van der Waals surface area contributed by atoms with Crippen molar-refractivity contribution in [3.05, 3.63) is 58.9 Å². The number of hydrogen-bond acceptors (Lipinski definition) is 5. The molecule has 0 unspecified atom stereocenters. The fourth-order valence-corrected chi connectivity index (χ4v) is 4.36. The Morgan fingerprint density at radius 1 is 1.23 bits per heavy atom. The summed E-state index contributed by atoms with van der Waals surface area (Å²) in [6, 6.07) is 9.99. The summed E-state index contributed by atoms with van der Waals surface area (Å²) in [5, 5.41) is 8.92. The molecule has 0 bridgehead atoms. The first-order valence-corrected chi connectivity index (χ1v) is 11.2. The lowest BCUT2D eigenvalue weighted by Gasteiger charge is -2.27. The molecule has 160 valence electrons. The number of rotatable bonds is 6. The number of sulfone groups is 1. The van der Waals surface area contributed by atoms with Crippen LogP contribution in [0.3, 0.4) is 0 Å². The van der Waals surface area contributed by atoms with Crippen molar-refractivity contribution in [2.24, 2.45) is 0 Å². The molecule has 9 heteroatoms. The number of aryl methyl sites for hydroxylation is 1. The molecule has 0 saturated heterocycles. The summed E-state index contributed by atoms with van der Waals surface area (Å²) in [5.41, 5.74) is 4.42. The van der Waals surface area contributed by atoms with Gasteiger partial charge in [0.15, 0.2) is 14.6 Å². The average Bonchev–Trinajstić information content (AvgIpc) is 2.99. The number of benzene rings is 2. The van der Waals surface area contributed by atoms with E-state index in [0.717, 1.165) is 11.8 Å². The van der Waals surface area contributed by atoms with Gasteiger partial charge in [-0.15, -0.1) is 0 Å². The Morgan fingerprint density at radius 2 is 1.90 bits per heavy atom. The van der Waals surface area contributed by atoms with Crippen LogP contribution in [-0.4, -0.2) is 47.9 Å². The first-order chi connectivity index (χ1) is 14.0. The molecule has 7 nitrogen and oxygen atoms in total. The van der Waals surface area contributed by atoms with Gasteiger partial charge in [0.25, 0.3) is 11.8 Å². The van der Waals surface area contributed by atoms with Gasteiger partial charge in [-0.2, -0.15) is 0 Å². The second-order valence-corrected chi connectivity index (χ2v) is 10.2. The lowest BCUT2D eigenvalue weighted by Crippen LogP contribution is -2.50. The molecule has 0 fully saturated rings. The van der Waals surface area contributed by atoms with E-state index in [-0.39, 0.29) is 31.2 Å². The van der Waals surface area contributed by atoms with E-state index in [9.17, 15) is 22.4 Å². The molecule has 2 amide bonds. The molecule has 1 atom stereocenters. The minimum absolute atomic E-state index is 0.00126. The molecule has 0 radical (unpaired) electrons. The molecular formula is C21H23FN2O5S. The van der Waals surface area contributed by atoms with Crippen LogP contribution in [0.4, 0.5) is 4.39 Å². The molecule has 0 aromatic heterocycles. The van der Waals surface area contributed by atoms with Gasteiger partial charge in [0.05, 0.1) is 0 Å². The first-order valence-electron chi connectivity index (χ1n) is 9.31. The smallest absolute Gasteiger partial charge is 0.264 e. The fourth-order valence-electron chi connectivity index (χ4n) is 3.52. The summed E-state index contributed by atoms with van der Waals surface area (Å²) in [4.78, 5) is 26.1. The zero-order chi connectivity index (χ0) is 22.3. The maximum Gasteiger partial charge on any atom is 0.264 e. The molecule has 2 N–H and O–H groups in total. The molecular weight excluding hydrogens is 411 g/mol. The molecule has 1 aliphatic heterocycles. The van der Waals surface area contributed by atoms with E-state index in [2.05, 4.69) is 0 Å². The lowest BCUT2D eigenvalue weighted by atomic mass is 9.99. The largest absolute Gasteiger partial charge is 0.334 e. The number of carbonyl (C=O) groups excluding carboxylic acids is 2. The van der Waals surface area contributed by atoms with E-state index in [4.69, 9.17) is 5.21 Å². The van der Waals surface area contributed by atoms with Crippen LogP contribution in [0, 0.1) is 12.7 Å². The molecule has 0 spiro atoms. The highest BCUT2D eigenvalue weighted by Crippen LogP contribution is 2.31. The van der Waals surface area contributed by atoms with E-state index >= 15 is 0 Å². The standard InChI is InChI=1S/C21H23FN2O5S/c1-13-4-6-16(18(22)10-13)14-5-7-17-15(11-14)12-24(19(17)25)9-8-21(2,20(26)23-27)30(3,28)29/h4-7,10-11,27H,8-9,12H2,1-3H3,(H,23,26)/t21-/m1/s1. The topological polar surface area (TPSA) is 104 Å². The molecule has 2 aromatic carbocycles. The third kappa shape index (κ3) is 3.82. The fraction of sp³-hybridized carbons (Fsp3) is 0.333. The van der Waals surface area contributed by atoms with Gasteiger partial charge in [-0.3, -0.25) is 14.8 Å². The molecule has 3 rings (SSSR count). The van der Waals surface area contributed by atoms with Crippen LogP contribution >= 0.6 is 0 Å². The number of amides is 2. The average molecular weight is 434 g/mol. The van der Waals surface area contributed by atoms with E-state index in [1.807, 2.05) is 0 Å². The van der Waals surface area contributed by atoms with Crippen LogP contribution in [0.1, 0.15) is 34.8 Å². The molecule has 1 aliphatic rings. The van der Waals surface area contributed by atoms with Gasteiger partial charge < -0.3 is 4.90 Å². The van der Waals surface area contributed by atoms with Crippen molar-refractivity contribution >= 4 is 21.7 Å². The van der Waals surface area contributed by atoms with E-state index in [1.54, 1.807) is 37.3 Å². The predicted octanol–water partition coefficient (Wildman–Crippen LogP) is 2.46. The summed E-state index contributed by atoms with van der Waals surface area (Å²) < 4.78 is 36.6. The summed E-state index contributed by atoms with van der Waals surface area (Å²) in [7, 11) is -3.86. The summed E-state index contributed by atoms with van der Waals surface area (Å²) >= 11 is 0. The minimum atomic E-state index is -3.86. The number of carbonyl (C=O) groups is 2. The van der Waals surface area contributed by atoms with E-state index in [1.165, 1.54) is 23.4 Å². The van der Waals surface area contributed by atoms with Crippen LogP contribution < -0.4 is 5.48 Å². The Hall–Kier alpha value is -2.78. The van der Waals surface area contributed by atoms with Gasteiger partial charge in [0, 0.05) is 30.5 Å². The minimum Gasteiger partial charge on any atom is -0.334 e. The Morgan fingerprint density at radius 3 is 2.50 bits per heavy atom. The molecule has 2 aromatic rings. The summed E-state index contributed by atoms with van der Waals surface area (Å²) in [5.74, 6) is -1.69. The third-order valence-electron chi connectivity index (χ3n) is 5.68. The molecule has 1 heterocycles. The highest BCUT2D eigenvalue weighted by Gasteiger charge is 2.44. The van der Waals surface area contributed by atoms with Crippen molar-refractivity contribution in [2.75, 3.05) is 12.8 Å². The van der Waals surface area contributed by atoms with Gasteiger partial charge in [0.1, 0.15) is 5.82 Å². The van der Waals surface area contributed by atoms with Crippen LogP contribution in [0.15, 0.2) is 36.4 Å². The Labute approximate surface area is 174 Å². The zero-order valence-electron chi connectivity index (χ0n) is 16.9. The summed E-state index contributed by atoms with van der Waals surface area (Å²) in [6.45, 7) is 3.22. The SMILES string of the molecule is Cc1ccc(-c2ccc3c(c2)CN(CC[C@](C)(C(=O)NO)S(C)(=O)=O)C3=O)c(F)c1. The van der Waals surface area contributed by atoms with Gasteiger partial charge in [0.2, 0.25) is 0 Å². The predicted molar refractivity (Wildman–Crippen MR) is 109 cm³/mol. The number of hydroxylamine groups is 1. The van der Waals surface area contributed by atoms with Crippen molar-refractivity contribution in [3.63, 3.8) is 0 Å². The second kappa shape index (κ2) is 7.81.